The first kappa shape index (κ1) is 11.2. The van der Waals surface area contributed by atoms with Crippen LogP contribution < -0.4 is 0 Å². The van der Waals surface area contributed by atoms with Crippen LogP contribution in [0, 0.1) is 0 Å². The van der Waals surface area contributed by atoms with Crippen LogP contribution in [0.25, 0.3) is 10.4 Å². The van der Waals surface area contributed by atoms with Crippen LogP contribution in [0.3, 0.4) is 0 Å². The predicted molar refractivity (Wildman–Crippen MR) is 42.9 cm³/mol. The van der Waals surface area contributed by atoms with E-state index in [-0.39, 0.29) is 0 Å². The van der Waals surface area contributed by atoms with Crippen LogP contribution in [0.5, 0.6) is 0 Å². The molecule has 0 aliphatic carbocycles. The maximum atomic E-state index is 9.27. The van der Waals surface area contributed by atoms with Crippen LogP contribution in [-0.2, 0) is 4.74 Å². The Hall–Kier alpha value is -0.890. The van der Waals surface area contributed by atoms with Crippen molar-refractivity contribution < 1.29 is 25.2 Å². The van der Waals surface area contributed by atoms with Crippen molar-refractivity contribution in [2.45, 2.75) is 30.6 Å². The van der Waals surface area contributed by atoms with Gasteiger partial charge in [0.25, 0.3) is 0 Å². The van der Waals surface area contributed by atoms with Gasteiger partial charge in [0.05, 0.1) is 6.61 Å². The van der Waals surface area contributed by atoms with Crippen molar-refractivity contribution >= 4 is 0 Å². The molecule has 0 aromatic carbocycles. The Morgan fingerprint density at radius 1 is 1.21 bits per heavy atom. The highest BCUT2D eigenvalue weighted by molar-refractivity contribution is 4.90. The molecule has 1 rings (SSSR count). The lowest BCUT2D eigenvalue weighted by Crippen LogP contribution is -2.57. The molecule has 0 saturated carbocycles. The first-order valence-corrected chi connectivity index (χ1v) is 3.96. The van der Waals surface area contributed by atoms with Gasteiger partial charge in [-0.25, -0.2) is 0 Å². The van der Waals surface area contributed by atoms with Gasteiger partial charge in [0.1, 0.15) is 24.4 Å². The highest BCUT2D eigenvalue weighted by atomic mass is 16.6. The number of azide groups is 1. The second kappa shape index (κ2) is 4.56. The lowest BCUT2D eigenvalue weighted by Gasteiger charge is -2.37. The zero-order chi connectivity index (χ0) is 10.7. The van der Waals surface area contributed by atoms with Crippen LogP contribution >= 0.6 is 0 Å². The zero-order valence-corrected chi connectivity index (χ0v) is 7.13. The molecule has 14 heavy (non-hydrogen) atoms. The van der Waals surface area contributed by atoms with Gasteiger partial charge in [-0.2, -0.15) is 0 Å². The van der Waals surface area contributed by atoms with Gasteiger partial charge in [-0.15, -0.1) is 0 Å². The largest absolute Gasteiger partial charge is 0.394 e. The number of aliphatic hydroxyl groups is 4. The third-order valence-corrected chi connectivity index (χ3v) is 2.03. The van der Waals surface area contributed by atoms with Crippen molar-refractivity contribution in [2.24, 2.45) is 5.11 Å². The van der Waals surface area contributed by atoms with Gasteiger partial charge >= 0.3 is 0 Å². The Bertz CT molecular complexity index is 242. The van der Waals surface area contributed by atoms with E-state index in [9.17, 15) is 15.3 Å². The minimum atomic E-state index is -1.50. The second-order valence-electron chi connectivity index (χ2n) is 2.92. The summed E-state index contributed by atoms with van der Waals surface area (Å²) in [6, 6.07) is 0. The van der Waals surface area contributed by atoms with Gasteiger partial charge in [-0.1, -0.05) is 5.11 Å². The quantitative estimate of drug-likeness (QED) is 0.237. The Morgan fingerprint density at radius 2 is 1.86 bits per heavy atom. The molecule has 8 nitrogen and oxygen atoms in total. The van der Waals surface area contributed by atoms with Crippen LogP contribution in [0.15, 0.2) is 5.11 Å². The molecule has 1 aliphatic rings. The van der Waals surface area contributed by atoms with Gasteiger partial charge in [-0.3, -0.25) is 0 Å². The number of hydrogen-bond donors (Lipinski definition) is 4. The molecular weight excluding hydrogens is 194 g/mol. The molecule has 0 aromatic heterocycles. The third kappa shape index (κ3) is 1.95. The second-order valence-corrected chi connectivity index (χ2v) is 2.92. The van der Waals surface area contributed by atoms with E-state index >= 15 is 0 Å². The van der Waals surface area contributed by atoms with E-state index in [1.807, 2.05) is 0 Å². The van der Waals surface area contributed by atoms with Gasteiger partial charge < -0.3 is 25.2 Å². The summed E-state index contributed by atoms with van der Waals surface area (Å²) in [4.78, 5) is 2.40. The highest BCUT2D eigenvalue weighted by Gasteiger charge is 2.42. The zero-order valence-electron chi connectivity index (χ0n) is 7.13. The summed E-state index contributed by atoms with van der Waals surface area (Å²) in [5.74, 6) is 0. The first-order valence-electron chi connectivity index (χ1n) is 3.96. The van der Waals surface area contributed by atoms with E-state index in [1.165, 1.54) is 0 Å². The van der Waals surface area contributed by atoms with Gasteiger partial charge in [0.15, 0.2) is 6.23 Å². The summed E-state index contributed by atoms with van der Waals surface area (Å²) in [5.41, 5.74) is 8.11. The minimum absolute atomic E-state index is 0.539. The fourth-order valence-electron chi connectivity index (χ4n) is 1.23. The molecule has 1 heterocycles. The lowest BCUT2D eigenvalue weighted by atomic mass is 9.99. The first-order chi connectivity index (χ1) is 6.61. The number of rotatable bonds is 2. The average molecular weight is 205 g/mol. The van der Waals surface area contributed by atoms with Gasteiger partial charge in [-0.05, 0) is 5.53 Å². The topological polar surface area (TPSA) is 139 Å². The molecule has 0 spiro atoms. The molecule has 0 unspecified atom stereocenters. The maximum Gasteiger partial charge on any atom is 0.165 e. The van der Waals surface area contributed by atoms with Gasteiger partial charge in [0, 0.05) is 4.91 Å². The fraction of sp³-hybridized carbons (Fsp3) is 1.00. The van der Waals surface area contributed by atoms with Crippen LogP contribution in [0.1, 0.15) is 0 Å². The summed E-state index contributed by atoms with van der Waals surface area (Å²) in [6.07, 6.45) is -6.76. The van der Waals surface area contributed by atoms with Crippen LogP contribution in [0.4, 0.5) is 0 Å². The smallest absolute Gasteiger partial charge is 0.165 e. The number of hydrogen-bond acceptors (Lipinski definition) is 6. The highest BCUT2D eigenvalue weighted by Crippen LogP contribution is 2.21. The fourth-order valence-corrected chi connectivity index (χ4v) is 1.23. The Balaban J connectivity index is 2.77. The normalized spacial score (nSPS) is 43.0. The van der Waals surface area contributed by atoms with E-state index in [1.54, 1.807) is 0 Å². The van der Waals surface area contributed by atoms with Crippen LogP contribution in [0.2, 0.25) is 0 Å². The monoisotopic (exact) mass is 205 g/mol. The van der Waals surface area contributed by atoms with Crippen molar-refractivity contribution in [3.8, 4) is 0 Å². The molecule has 0 bridgehead atoms. The van der Waals surface area contributed by atoms with E-state index in [2.05, 4.69) is 10.0 Å². The van der Waals surface area contributed by atoms with Crippen molar-refractivity contribution in [1.82, 2.24) is 0 Å². The standard InChI is InChI=1S/C6H11N3O5/c7-9-8-6-5(13)4(12)3(11)2(1-10)14-6/h2-6,10-13H,1H2/t2-,3-,4-,5+,6-/m1/s1. The molecule has 1 saturated heterocycles. The van der Waals surface area contributed by atoms with Crippen molar-refractivity contribution in [2.75, 3.05) is 6.61 Å². The SMILES string of the molecule is [N-]=[N+]=N[C@@H]1O[C@H](CO)[C@@H](O)[C@@H](O)[C@@H]1O. The van der Waals surface area contributed by atoms with Crippen molar-refractivity contribution in [3.05, 3.63) is 10.4 Å². The third-order valence-electron chi connectivity index (χ3n) is 2.03. The molecule has 5 atom stereocenters. The summed E-state index contributed by atoms with van der Waals surface area (Å²) in [5, 5.41) is 39.6. The molecule has 4 N–H and O–H groups in total. The summed E-state index contributed by atoms with van der Waals surface area (Å²) in [6.45, 7) is -0.539. The molecular formula is C6H11N3O5. The maximum absolute atomic E-state index is 9.27. The molecule has 0 aromatic rings. The number of ether oxygens (including phenoxy) is 1. The van der Waals surface area contributed by atoms with Crippen molar-refractivity contribution in [3.63, 3.8) is 0 Å². The molecule has 80 valence electrons. The van der Waals surface area contributed by atoms with E-state index < -0.39 is 37.3 Å². The predicted octanol–water partition coefficient (Wildman–Crippen LogP) is -1.90. The van der Waals surface area contributed by atoms with E-state index in [0.717, 1.165) is 0 Å². The minimum Gasteiger partial charge on any atom is -0.394 e. The molecule has 0 radical (unpaired) electrons. The molecule has 1 aliphatic heterocycles. The number of aliphatic hydroxyl groups excluding tert-OH is 4. The summed E-state index contributed by atoms with van der Waals surface area (Å²) >= 11 is 0. The molecule has 8 heteroatoms. The summed E-state index contributed by atoms with van der Waals surface area (Å²) < 4.78 is 4.84. The van der Waals surface area contributed by atoms with E-state index in [4.69, 9.17) is 15.4 Å². The molecule has 1 fully saturated rings. The molecule has 0 amide bonds. The average Bonchev–Trinajstić information content (AvgIpc) is 2.19. The Kier molecular flexibility index (Phi) is 3.64. The lowest BCUT2D eigenvalue weighted by molar-refractivity contribution is -0.227. The van der Waals surface area contributed by atoms with E-state index in [0.29, 0.717) is 0 Å². The summed E-state index contributed by atoms with van der Waals surface area (Å²) in [7, 11) is 0. The van der Waals surface area contributed by atoms with Crippen molar-refractivity contribution in [1.29, 1.82) is 0 Å². The Morgan fingerprint density at radius 3 is 2.36 bits per heavy atom. The van der Waals surface area contributed by atoms with Gasteiger partial charge in [0.2, 0.25) is 0 Å². The Labute approximate surface area is 79.0 Å². The van der Waals surface area contributed by atoms with Crippen LogP contribution in [-0.4, -0.2) is 57.7 Å². The number of nitrogens with zero attached hydrogens (tertiary/aromatic N) is 3.